The summed E-state index contributed by atoms with van der Waals surface area (Å²) in [4.78, 5) is 14.1. The average molecular weight is 558 g/mol. The van der Waals surface area contributed by atoms with E-state index in [-0.39, 0.29) is 24.0 Å². The maximum atomic E-state index is 4.39. The molecule has 0 spiro atoms. The molecule has 2 heterocycles. The molecular weight excluding hydrogens is 531 g/mol. The minimum absolute atomic E-state index is 0. The Balaban J connectivity index is 0.00000289. The van der Waals surface area contributed by atoms with Crippen molar-refractivity contribution in [3.63, 3.8) is 0 Å². The molecule has 0 unspecified atom stereocenters. The summed E-state index contributed by atoms with van der Waals surface area (Å²) in [5, 5.41) is 7.81. The lowest BCUT2D eigenvalue weighted by Crippen LogP contribution is -2.36. The third kappa shape index (κ3) is 6.39. The van der Waals surface area contributed by atoms with Crippen molar-refractivity contribution in [2.75, 3.05) is 7.05 Å². The highest BCUT2D eigenvalue weighted by Gasteiger charge is 2.07. The standard InChI is InChI=1S/C24H26N6S.HI/c1-18-13-27-23(31-18)15-29-24(25-2)28-14-21-5-3-4-6-22(21)20-9-7-19(8-10-20)16-30-12-11-26-17-30;/h3-13,17H,14-16H2,1-2H3,(H2,25,28,29);1H. The third-order valence-electron chi connectivity index (χ3n) is 4.95. The highest BCUT2D eigenvalue weighted by molar-refractivity contribution is 14.0. The molecule has 0 aliphatic carbocycles. The van der Waals surface area contributed by atoms with E-state index in [2.05, 4.69) is 85.6 Å². The Morgan fingerprint density at radius 3 is 2.53 bits per heavy atom. The molecule has 0 radical (unpaired) electrons. The minimum Gasteiger partial charge on any atom is -0.352 e. The van der Waals surface area contributed by atoms with Crippen LogP contribution in [0.4, 0.5) is 0 Å². The van der Waals surface area contributed by atoms with Gasteiger partial charge in [0.15, 0.2) is 5.96 Å². The lowest BCUT2D eigenvalue weighted by molar-refractivity contribution is 0.797. The summed E-state index contributed by atoms with van der Waals surface area (Å²) in [6.07, 6.45) is 7.52. The van der Waals surface area contributed by atoms with Crippen LogP contribution in [-0.4, -0.2) is 27.5 Å². The van der Waals surface area contributed by atoms with Crippen molar-refractivity contribution in [1.29, 1.82) is 0 Å². The van der Waals surface area contributed by atoms with E-state index in [9.17, 15) is 0 Å². The minimum atomic E-state index is 0. The van der Waals surface area contributed by atoms with Crippen LogP contribution in [0.1, 0.15) is 21.0 Å². The van der Waals surface area contributed by atoms with Crippen LogP contribution in [-0.2, 0) is 19.6 Å². The second-order valence-electron chi connectivity index (χ2n) is 7.23. The highest BCUT2D eigenvalue weighted by atomic mass is 127. The number of aromatic nitrogens is 3. The van der Waals surface area contributed by atoms with Gasteiger partial charge in [0.25, 0.3) is 0 Å². The Morgan fingerprint density at radius 2 is 1.84 bits per heavy atom. The van der Waals surface area contributed by atoms with Gasteiger partial charge < -0.3 is 15.2 Å². The van der Waals surface area contributed by atoms with Crippen LogP contribution in [0.3, 0.4) is 0 Å². The fourth-order valence-electron chi connectivity index (χ4n) is 3.38. The number of imidazole rings is 1. The molecule has 0 bridgehead atoms. The van der Waals surface area contributed by atoms with Gasteiger partial charge in [-0.3, -0.25) is 4.99 Å². The first kappa shape index (κ1) is 23.9. The lowest BCUT2D eigenvalue weighted by atomic mass is 9.98. The van der Waals surface area contributed by atoms with E-state index < -0.39 is 0 Å². The number of aliphatic imine (C=N–C) groups is 1. The molecule has 0 amide bonds. The summed E-state index contributed by atoms with van der Waals surface area (Å²) >= 11 is 1.70. The number of nitrogens with one attached hydrogen (secondary N) is 2. The van der Waals surface area contributed by atoms with E-state index in [0.29, 0.717) is 13.1 Å². The van der Waals surface area contributed by atoms with Crippen LogP contribution in [0.5, 0.6) is 0 Å². The Morgan fingerprint density at radius 1 is 1.06 bits per heavy atom. The Labute approximate surface area is 209 Å². The molecule has 2 aromatic heterocycles. The van der Waals surface area contributed by atoms with Gasteiger partial charge in [-0.25, -0.2) is 9.97 Å². The summed E-state index contributed by atoms with van der Waals surface area (Å²) in [6.45, 7) is 4.24. The van der Waals surface area contributed by atoms with Gasteiger partial charge >= 0.3 is 0 Å². The van der Waals surface area contributed by atoms with Crippen LogP contribution in [0.15, 0.2) is 78.4 Å². The van der Waals surface area contributed by atoms with Crippen molar-refractivity contribution < 1.29 is 0 Å². The molecule has 0 fully saturated rings. The van der Waals surface area contributed by atoms with Crippen molar-refractivity contribution in [2.24, 2.45) is 4.99 Å². The SMILES string of the molecule is CN=C(NCc1ncc(C)s1)NCc1ccccc1-c1ccc(Cn2ccnc2)cc1.I. The fourth-order valence-corrected chi connectivity index (χ4v) is 4.11. The smallest absolute Gasteiger partial charge is 0.191 e. The molecule has 0 aliphatic rings. The Bertz CT molecular complexity index is 1140. The van der Waals surface area contributed by atoms with E-state index in [1.165, 1.54) is 27.1 Å². The first-order valence-electron chi connectivity index (χ1n) is 10.2. The van der Waals surface area contributed by atoms with E-state index >= 15 is 0 Å². The molecule has 2 N–H and O–H groups in total. The number of thiazole rings is 1. The lowest BCUT2D eigenvalue weighted by Gasteiger charge is -2.14. The topological polar surface area (TPSA) is 67.1 Å². The number of rotatable bonds is 7. The van der Waals surface area contributed by atoms with Gasteiger partial charge in [0.1, 0.15) is 5.01 Å². The van der Waals surface area contributed by atoms with Crippen molar-refractivity contribution in [3.8, 4) is 11.1 Å². The predicted octanol–water partition coefficient (Wildman–Crippen LogP) is 4.85. The maximum Gasteiger partial charge on any atom is 0.191 e. The molecule has 4 aromatic rings. The van der Waals surface area contributed by atoms with Crippen LogP contribution in [0, 0.1) is 6.92 Å². The van der Waals surface area contributed by atoms with Gasteiger partial charge in [0.05, 0.1) is 12.9 Å². The molecule has 166 valence electrons. The van der Waals surface area contributed by atoms with Crippen LogP contribution in [0.25, 0.3) is 11.1 Å². The van der Waals surface area contributed by atoms with E-state index in [1.807, 2.05) is 18.7 Å². The molecule has 8 heteroatoms. The zero-order valence-electron chi connectivity index (χ0n) is 18.2. The van der Waals surface area contributed by atoms with Crippen LogP contribution < -0.4 is 10.6 Å². The van der Waals surface area contributed by atoms with Crippen molar-refractivity contribution >= 4 is 41.3 Å². The second kappa shape index (κ2) is 11.8. The van der Waals surface area contributed by atoms with Gasteiger partial charge in [-0.05, 0) is 29.2 Å². The molecule has 4 rings (SSSR count). The van der Waals surface area contributed by atoms with Gasteiger partial charge in [0.2, 0.25) is 0 Å². The number of nitrogens with zero attached hydrogens (tertiary/aromatic N) is 4. The third-order valence-corrected chi connectivity index (χ3v) is 5.87. The van der Waals surface area contributed by atoms with Gasteiger partial charge in [0, 0.05) is 43.6 Å². The predicted molar refractivity (Wildman–Crippen MR) is 143 cm³/mol. The monoisotopic (exact) mass is 558 g/mol. The largest absolute Gasteiger partial charge is 0.352 e. The molecule has 2 aromatic carbocycles. The number of aryl methyl sites for hydroxylation is 1. The molecule has 0 atom stereocenters. The first-order chi connectivity index (χ1) is 15.2. The normalized spacial score (nSPS) is 11.1. The maximum absolute atomic E-state index is 4.39. The fraction of sp³-hybridized carbons (Fsp3) is 0.208. The summed E-state index contributed by atoms with van der Waals surface area (Å²) in [5.41, 5.74) is 4.89. The number of hydrogen-bond donors (Lipinski definition) is 2. The second-order valence-corrected chi connectivity index (χ2v) is 8.55. The molecule has 0 saturated carbocycles. The summed E-state index contributed by atoms with van der Waals surface area (Å²) in [7, 11) is 1.79. The van der Waals surface area contributed by atoms with E-state index in [0.717, 1.165) is 17.5 Å². The van der Waals surface area contributed by atoms with E-state index in [4.69, 9.17) is 0 Å². The summed E-state index contributed by atoms with van der Waals surface area (Å²) in [5.74, 6) is 0.762. The molecule has 0 saturated heterocycles. The van der Waals surface area contributed by atoms with Crippen molar-refractivity contribution in [1.82, 2.24) is 25.2 Å². The van der Waals surface area contributed by atoms with Gasteiger partial charge in [-0.1, -0.05) is 48.5 Å². The average Bonchev–Trinajstić information content (AvgIpc) is 3.46. The van der Waals surface area contributed by atoms with Crippen molar-refractivity contribution in [2.45, 2.75) is 26.6 Å². The zero-order valence-corrected chi connectivity index (χ0v) is 21.3. The van der Waals surface area contributed by atoms with Crippen molar-refractivity contribution in [3.05, 3.63) is 94.5 Å². The van der Waals surface area contributed by atoms with E-state index in [1.54, 1.807) is 24.6 Å². The summed E-state index contributed by atoms with van der Waals surface area (Å²) < 4.78 is 2.07. The molecule has 0 aliphatic heterocycles. The highest BCUT2D eigenvalue weighted by Crippen LogP contribution is 2.24. The number of benzene rings is 2. The Hall–Kier alpha value is -2.72. The summed E-state index contributed by atoms with van der Waals surface area (Å²) in [6, 6.07) is 17.2. The number of hydrogen-bond acceptors (Lipinski definition) is 4. The molecule has 32 heavy (non-hydrogen) atoms. The number of guanidine groups is 1. The number of halogens is 1. The zero-order chi connectivity index (χ0) is 21.5. The van der Waals surface area contributed by atoms with Gasteiger partial charge in [-0.2, -0.15) is 0 Å². The molecule has 6 nitrogen and oxygen atoms in total. The first-order valence-corrected chi connectivity index (χ1v) is 11.0. The Kier molecular flexibility index (Phi) is 8.81. The molecular formula is C24H27IN6S. The van der Waals surface area contributed by atoms with Crippen LogP contribution in [0.2, 0.25) is 0 Å². The quantitative estimate of drug-likeness (QED) is 0.194. The van der Waals surface area contributed by atoms with Crippen LogP contribution >= 0.6 is 35.3 Å². The van der Waals surface area contributed by atoms with Gasteiger partial charge in [-0.15, -0.1) is 35.3 Å².